The number of benzene rings is 1. The molecule has 82 valence electrons. The van der Waals surface area contributed by atoms with Crippen molar-refractivity contribution >= 4 is 21.9 Å². The standard InChI is InChI=1S/C12H15BrO2/c1-4-15-11(14)12(2,3)9-6-5-7-10(13)8-9/h5-8H,4H2,1-3H3. The maximum Gasteiger partial charge on any atom is 0.315 e. The Bertz CT molecular complexity index is 358. The van der Waals surface area contributed by atoms with Crippen LogP contribution in [0.2, 0.25) is 0 Å². The zero-order valence-corrected chi connectivity index (χ0v) is 10.8. The van der Waals surface area contributed by atoms with Gasteiger partial charge in [-0.05, 0) is 38.5 Å². The largest absolute Gasteiger partial charge is 0.465 e. The van der Waals surface area contributed by atoms with Gasteiger partial charge in [0, 0.05) is 4.47 Å². The first-order valence-electron chi connectivity index (χ1n) is 4.91. The van der Waals surface area contributed by atoms with E-state index in [1.54, 1.807) is 0 Å². The average Bonchev–Trinajstić information content (AvgIpc) is 2.18. The predicted molar refractivity (Wildman–Crippen MR) is 63.8 cm³/mol. The Morgan fingerprint density at radius 2 is 2.13 bits per heavy atom. The number of rotatable bonds is 3. The first-order chi connectivity index (χ1) is 6.98. The van der Waals surface area contributed by atoms with Gasteiger partial charge in [0.2, 0.25) is 0 Å². The molecule has 1 rings (SSSR count). The molecular formula is C12H15BrO2. The molecule has 0 saturated heterocycles. The molecule has 0 spiro atoms. The van der Waals surface area contributed by atoms with E-state index < -0.39 is 5.41 Å². The number of hydrogen-bond donors (Lipinski definition) is 0. The van der Waals surface area contributed by atoms with E-state index in [1.807, 2.05) is 45.0 Å². The fourth-order valence-electron chi connectivity index (χ4n) is 1.31. The Hall–Kier alpha value is -0.830. The van der Waals surface area contributed by atoms with Gasteiger partial charge in [0.1, 0.15) is 0 Å². The van der Waals surface area contributed by atoms with E-state index in [1.165, 1.54) is 0 Å². The number of carbonyl (C=O) groups excluding carboxylic acids is 1. The summed E-state index contributed by atoms with van der Waals surface area (Å²) in [4.78, 5) is 11.7. The summed E-state index contributed by atoms with van der Waals surface area (Å²) >= 11 is 3.39. The number of hydrogen-bond acceptors (Lipinski definition) is 2. The molecule has 15 heavy (non-hydrogen) atoms. The van der Waals surface area contributed by atoms with Crippen molar-refractivity contribution in [2.24, 2.45) is 0 Å². The average molecular weight is 271 g/mol. The Morgan fingerprint density at radius 1 is 1.47 bits per heavy atom. The van der Waals surface area contributed by atoms with Crippen LogP contribution < -0.4 is 0 Å². The van der Waals surface area contributed by atoms with E-state index in [2.05, 4.69) is 15.9 Å². The third kappa shape index (κ3) is 2.81. The summed E-state index contributed by atoms with van der Waals surface area (Å²) in [6, 6.07) is 7.73. The van der Waals surface area contributed by atoms with E-state index in [9.17, 15) is 4.79 Å². The SMILES string of the molecule is CCOC(=O)C(C)(C)c1cccc(Br)c1. The van der Waals surface area contributed by atoms with Crippen LogP contribution in [-0.2, 0) is 14.9 Å². The van der Waals surface area contributed by atoms with Crippen LogP contribution in [0.4, 0.5) is 0 Å². The Morgan fingerprint density at radius 3 is 2.67 bits per heavy atom. The van der Waals surface area contributed by atoms with Gasteiger partial charge in [-0.1, -0.05) is 28.1 Å². The van der Waals surface area contributed by atoms with Crippen molar-refractivity contribution in [2.45, 2.75) is 26.2 Å². The first-order valence-corrected chi connectivity index (χ1v) is 5.71. The monoisotopic (exact) mass is 270 g/mol. The molecule has 0 bridgehead atoms. The zero-order chi connectivity index (χ0) is 11.5. The van der Waals surface area contributed by atoms with Gasteiger partial charge in [-0.15, -0.1) is 0 Å². The number of carbonyl (C=O) groups is 1. The molecule has 2 nitrogen and oxygen atoms in total. The van der Waals surface area contributed by atoms with E-state index in [0.29, 0.717) is 6.61 Å². The predicted octanol–water partition coefficient (Wildman–Crippen LogP) is 3.29. The van der Waals surface area contributed by atoms with Gasteiger partial charge in [-0.3, -0.25) is 4.79 Å². The van der Waals surface area contributed by atoms with Gasteiger partial charge in [-0.2, -0.15) is 0 Å². The van der Waals surface area contributed by atoms with Crippen LogP contribution in [0.5, 0.6) is 0 Å². The Balaban J connectivity index is 2.99. The molecule has 0 amide bonds. The number of esters is 1. The molecule has 0 radical (unpaired) electrons. The topological polar surface area (TPSA) is 26.3 Å². The molecule has 3 heteroatoms. The van der Waals surface area contributed by atoms with E-state index in [0.717, 1.165) is 10.0 Å². The fraction of sp³-hybridized carbons (Fsp3) is 0.417. The van der Waals surface area contributed by atoms with Gasteiger partial charge in [0.05, 0.1) is 12.0 Å². The van der Waals surface area contributed by atoms with Crippen molar-refractivity contribution < 1.29 is 9.53 Å². The van der Waals surface area contributed by atoms with Crippen LogP contribution in [0, 0.1) is 0 Å². The Labute approximate surface area is 98.8 Å². The van der Waals surface area contributed by atoms with E-state index in [4.69, 9.17) is 4.74 Å². The molecule has 0 aliphatic heterocycles. The number of halogens is 1. The molecule has 1 aromatic carbocycles. The van der Waals surface area contributed by atoms with Gasteiger partial charge in [0.15, 0.2) is 0 Å². The van der Waals surface area contributed by atoms with Crippen molar-refractivity contribution in [3.63, 3.8) is 0 Å². The van der Waals surface area contributed by atoms with Gasteiger partial charge >= 0.3 is 5.97 Å². The molecule has 0 atom stereocenters. The van der Waals surface area contributed by atoms with Gasteiger partial charge in [0.25, 0.3) is 0 Å². The summed E-state index contributed by atoms with van der Waals surface area (Å²) in [6.45, 7) is 5.96. The van der Waals surface area contributed by atoms with Crippen molar-refractivity contribution in [3.05, 3.63) is 34.3 Å². The van der Waals surface area contributed by atoms with Crippen LogP contribution >= 0.6 is 15.9 Å². The lowest BCUT2D eigenvalue weighted by atomic mass is 9.85. The van der Waals surface area contributed by atoms with Crippen molar-refractivity contribution in [3.8, 4) is 0 Å². The lowest BCUT2D eigenvalue weighted by molar-refractivity contribution is -0.148. The normalized spacial score (nSPS) is 11.2. The smallest absolute Gasteiger partial charge is 0.315 e. The molecule has 0 aliphatic carbocycles. The molecule has 1 aromatic rings. The second-order valence-corrected chi connectivity index (χ2v) is 4.77. The van der Waals surface area contributed by atoms with Crippen molar-refractivity contribution in [1.29, 1.82) is 0 Å². The molecule has 0 heterocycles. The molecule has 0 N–H and O–H groups in total. The van der Waals surface area contributed by atoms with Crippen LogP contribution in [0.3, 0.4) is 0 Å². The second kappa shape index (κ2) is 4.79. The molecule has 0 aliphatic rings. The maximum atomic E-state index is 11.7. The maximum absolute atomic E-state index is 11.7. The fourth-order valence-corrected chi connectivity index (χ4v) is 1.71. The highest BCUT2D eigenvalue weighted by atomic mass is 79.9. The molecule has 0 saturated carbocycles. The third-order valence-electron chi connectivity index (χ3n) is 2.33. The van der Waals surface area contributed by atoms with Crippen molar-refractivity contribution in [1.82, 2.24) is 0 Å². The van der Waals surface area contributed by atoms with Crippen LogP contribution in [0.1, 0.15) is 26.3 Å². The zero-order valence-electron chi connectivity index (χ0n) is 9.21. The molecular weight excluding hydrogens is 256 g/mol. The lowest BCUT2D eigenvalue weighted by Crippen LogP contribution is -2.31. The van der Waals surface area contributed by atoms with Gasteiger partial charge in [-0.25, -0.2) is 0 Å². The summed E-state index contributed by atoms with van der Waals surface area (Å²) in [6.07, 6.45) is 0. The molecule has 0 aromatic heterocycles. The lowest BCUT2D eigenvalue weighted by Gasteiger charge is -2.22. The first kappa shape index (κ1) is 12.2. The quantitative estimate of drug-likeness (QED) is 0.788. The van der Waals surface area contributed by atoms with Crippen LogP contribution in [-0.4, -0.2) is 12.6 Å². The Kier molecular flexibility index (Phi) is 3.91. The summed E-state index contributed by atoms with van der Waals surface area (Å²) in [5.74, 6) is -0.192. The highest BCUT2D eigenvalue weighted by Crippen LogP contribution is 2.26. The minimum atomic E-state index is -0.597. The summed E-state index contributed by atoms with van der Waals surface area (Å²) in [5, 5.41) is 0. The van der Waals surface area contributed by atoms with E-state index >= 15 is 0 Å². The second-order valence-electron chi connectivity index (χ2n) is 3.86. The minimum absolute atomic E-state index is 0.192. The summed E-state index contributed by atoms with van der Waals surface area (Å²) in [7, 11) is 0. The number of ether oxygens (including phenoxy) is 1. The van der Waals surface area contributed by atoms with Crippen molar-refractivity contribution in [2.75, 3.05) is 6.61 Å². The summed E-state index contributed by atoms with van der Waals surface area (Å²) in [5.41, 5.74) is 0.357. The molecule has 0 fully saturated rings. The minimum Gasteiger partial charge on any atom is -0.465 e. The van der Waals surface area contributed by atoms with E-state index in [-0.39, 0.29) is 5.97 Å². The third-order valence-corrected chi connectivity index (χ3v) is 2.83. The highest BCUT2D eigenvalue weighted by Gasteiger charge is 2.31. The molecule has 0 unspecified atom stereocenters. The van der Waals surface area contributed by atoms with Crippen LogP contribution in [0.15, 0.2) is 28.7 Å². The summed E-state index contributed by atoms with van der Waals surface area (Å²) < 4.78 is 6.02. The highest BCUT2D eigenvalue weighted by molar-refractivity contribution is 9.10. The van der Waals surface area contributed by atoms with Crippen LogP contribution in [0.25, 0.3) is 0 Å². The van der Waals surface area contributed by atoms with Gasteiger partial charge < -0.3 is 4.74 Å².